The molecule has 94 valence electrons. The molecule has 0 atom stereocenters. The van der Waals surface area contributed by atoms with Gasteiger partial charge in [0.2, 0.25) is 0 Å². The van der Waals surface area contributed by atoms with Crippen molar-refractivity contribution in [2.24, 2.45) is 0 Å². The average molecular weight is 337 g/mol. The fourth-order valence-electron chi connectivity index (χ4n) is 2.23. The number of halogens is 2. The van der Waals surface area contributed by atoms with Crippen LogP contribution in [-0.4, -0.2) is 11.6 Å². The summed E-state index contributed by atoms with van der Waals surface area (Å²) < 4.78 is 0.506. The van der Waals surface area contributed by atoms with Crippen LogP contribution < -0.4 is 5.73 Å². The summed E-state index contributed by atoms with van der Waals surface area (Å²) in [5.41, 5.74) is 7.26. The Hall–Kier alpha value is -1.65. The molecule has 1 aliphatic rings. The van der Waals surface area contributed by atoms with Crippen LogP contribution in [0.5, 0.6) is 0 Å². The Morgan fingerprint density at radius 3 is 2.21 bits per heavy atom. The van der Waals surface area contributed by atoms with Crippen molar-refractivity contribution in [3.05, 3.63) is 62.1 Å². The molecular formula is C14H7BrClNO2. The first-order valence-corrected chi connectivity index (χ1v) is 6.65. The van der Waals surface area contributed by atoms with Gasteiger partial charge in [-0.05, 0) is 22.0 Å². The van der Waals surface area contributed by atoms with E-state index in [2.05, 4.69) is 15.9 Å². The number of carbonyl (C=O) groups is 2. The third-order valence-electron chi connectivity index (χ3n) is 3.14. The molecule has 2 aromatic rings. The maximum absolute atomic E-state index is 12.4. The highest BCUT2D eigenvalue weighted by atomic mass is 79.9. The van der Waals surface area contributed by atoms with Crippen molar-refractivity contribution in [1.29, 1.82) is 0 Å². The van der Waals surface area contributed by atoms with Crippen molar-refractivity contribution < 1.29 is 9.59 Å². The fourth-order valence-corrected chi connectivity index (χ4v) is 2.82. The smallest absolute Gasteiger partial charge is 0.196 e. The summed E-state index contributed by atoms with van der Waals surface area (Å²) in [7, 11) is 0. The van der Waals surface area contributed by atoms with E-state index in [1.165, 1.54) is 0 Å². The van der Waals surface area contributed by atoms with Crippen molar-refractivity contribution >= 4 is 44.8 Å². The lowest BCUT2D eigenvalue weighted by Crippen LogP contribution is -2.22. The normalized spacial score (nSPS) is 13.2. The van der Waals surface area contributed by atoms with Gasteiger partial charge in [-0.3, -0.25) is 9.59 Å². The molecule has 19 heavy (non-hydrogen) atoms. The fraction of sp³-hybridized carbons (Fsp3) is 0. The standard InChI is InChI=1S/C14H7BrClNO2/c15-9-5-8-10(12(17)11(9)16)14(19)7-4-2-1-3-6(7)13(8)18/h1-5H,17H2. The molecule has 0 saturated heterocycles. The van der Waals surface area contributed by atoms with Crippen LogP contribution in [0.4, 0.5) is 5.69 Å². The van der Waals surface area contributed by atoms with E-state index in [0.717, 1.165) is 0 Å². The number of rotatable bonds is 0. The van der Waals surface area contributed by atoms with E-state index in [9.17, 15) is 9.59 Å². The Morgan fingerprint density at radius 1 is 1.00 bits per heavy atom. The van der Waals surface area contributed by atoms with Gasteiger partial charge in [-0.15, -0.1) is 0 Å². The van der Waals surface area contributed by atoms with Crippen LogP contribution in [0.3, 0.4) is 0 Å². The minimum Gasteiger partial charge on any atom is -0.397 e. The Balaban J connectivity index is 2.40. The Bertz CT molecular complexity index is 755. The summed E-state index contributed by atoms with van der Waals surface area (Å²) in [6.07, 6.45) is 0. The molecule has 0 radical (unpaired) electrons. The molecule has 3 nitrogen and oxygen atoms in total. The number of benzene rings is 2. The van der Waals surface area contributed by atoms with Crippen molar-refractivity contribution in [2.45, 2.75) is 0 Å². The van der Waals surface area contributed by atoms with Gasteiger partial charge >= 0.3 is 0 Å². The monoisotopic (exact) mass is 335 g/mol. The highest BCUT2D eigenvalue weighted by Crippen LogP contribution is 2.38. The molecule has 3 rings (SSSR count). The maximum Gasteiger partial charge on any atom is 0.196 e. The van der Waals surface area contributed by atoms with E-state index >= 15 is 0 Å². The van der Waals surface area contributed by atoms with E-state index in [4.69, 9.17) is 17.3 Å². The molecule has 0 spiro atoms. The van der Waals surface area contributed by atoms with Crippen LogP contribution in [0.1, 0.15) is 31.8 Å². The largest absolute Gasteiger partial charge is 0.397 e. The lowest BCUT2D eigenvalue weighted by atomic mass is 9.83. The molecule has 0 fully saturated rings. The summed E-state index contributed by atoms with van der Waals surface area (Å²) >= 11 is 9.26. The van der Waals surface area contributed by atoms with Gasteiger partial charge in [0, 0.05) is 21.2 Å². The first-order chi connectivity index (χ1) is 9.02. The van der Waals surface area contributed by atoms with Crippen LogP contribution in [-0.2, 0) is 0 Å². The molecule has 0 aromatic heterocycles. The van der Waals surface area contributed by atoms with Gasteiger partial charge in [-0.25, -0.2) is 0 Å². The summed E-state index contributed by atoms with van der Waals surface area (Å²) in [6.45, 7) is 0. The lowest BCUT2D eigenvalue weighted by molar-refractivity contribution is 0.0979. The van der Waals surface area contributed by atoms with E-state index in [1.54, 1.807) is 30.3 Å². The molecule has 2 N–H and O–H groups in total. The van der Waals surface area contributed by atoms with Gasteiger partial charge in [-0.2, -0.15) is 0 Å². The predicted molar refractivity (Wildman–Crippen MR) is 76.9 cm³/mol. The van der Waals surface area contributed by atoms with Crippen LogP contribution >= 0.6 is 27.5 Å². The molecule has 0 aliphatic heterocycles. The van der Waals surface area contributed by atoms with Crippen molar-refractivity contribution in [3.8, 4) is 0 Å². The number of hydrogen-bond donors (Lipinski definition) is 1. The van der Waals surface area contributed by atoms with E-state index < -0.39 is 0 Å². The van der Waals surface area contributed by atoms with Gasteiger partial charge in [0.15, 0.2) is 11.6 Å². The number of hydrogen-bond acceptors (Lipinski definition) is 3. The van der Waals surface area contributed by atoms with Crippen LogP contribution in [0.25, 0.3) is 0 Å². The van der Waals surface area contributed by atoms with E-state index in [-0.39, 0.29) is 33.4 Å². The second-order valence-corrected chi connectivity index (χ2v) is 5.44. The SMILES string of the molecule is Nc1c(Cl)c(Br)cc2c1C(=O)c1ccccc1C2=O. The second kappa shape index (κ2) is 4.18. The molecule has 0 heterocycles. The average Bonchev–Trinajstić information content (AvgIpc) is 2.42. The summed E-state index contributed by atoms with van der Waals surface area (Å²) in [4.78, 5) is 24.8. The van der Waals surface area contributed by atoms with Gasteiger partial charge in [0.25, 0.3) is 0 Å². The Labute approximate surface area is 122 Å². The van der Waals surface area contributed by atoms with Crippen LogP contribution in [0, 0.1) is 0 Å². The molecule has 0 amide bonds. The molecule has 0 bridgehead atoms. The molecular weight excluding hydrogens is 330 g/mol. The minimum atomic E-state index is -0.267. The predicted octanol–water partition coefficient (Wildman–Crippen LogP) is 3.46. The van der Waals surface area contributed by atoms with Crippen LogP contribution in [0.2, 0.25) is 5.02 Å². The molecule has 2 aromatic carbocycles. The number of ketones is 2. The van der Waals surface area contributed by atoms with Gasteiger partial charge in [0.05, 0.1) is 16.3 Å². The minimum absolute atomic E-state index is 0.138. The zero-order valence-corrected chi connectivity index (χ0v) is 11.9. The van der Waals surface area contributed by atoms with Crippen molar-refractivity contribution in [1.82, 2.24) is 0 Å². The molecule has 0 saturated carbocycles. The number of anilines is 1. The number of fused-ring (bicyclic) bond motifs is 2. The second-order valence-electron chi connectivity index (χ2n) is 4.21. The first-order valence-electron chi connectivity index (χ1n) is 5.48. The zero-order valence-electron chi connectivity index (χ0n) is 9.54. The maximum atomic E-state index is 12.4. The molecule has 5 heteroatoms. The summed E-state index contributed by atoms with van der Waals surface area (Å²) in [6, 6.07) is 8.24. The third-order valence-corrected chi connectivity index (χ3v) is 4.40. The Kier molecular flexibility index (Phi) is 2.73. The van der Waals surface area contributed by atoms with Gasteiger partial charge in [0.1, 0.15) is 0 Å². The van der Waals surface area contributed by atoms with Gasteiger partial charge in [-0.1, -0.05) is 35.9 Å². The van der Waals surface area contributed by atoms with Crippen molar-refractivity contribution in [2.75, 3.05) is 5.73 Å². The first kappa shape index (κ1) is 12.4. The number of nitrogens with two attached hydrogens (primary N) is 1. The van der Waals surface area contributed by atoms with Gasteiger partial charge < -0.3 is 5.73 Å². The molecule has 1 aliphatic carbocycles. The highest BCUT2D eigenvalue weighted by Gasteiger charge is 2.32. The number of carbonyl (C=O) groups excluding carboxylic acids is 2. The van der Waals surface area contributed by atoms with E-state index in [1.807, 2.05) is 0 Å². The lowest BCUT2D eigenvalue weighted by Gasteiger charge is -2.20. The van der Waals surface area contributed by atoms with E-state index in [0.29, 0.717) is 15.6 Å². The third kappa shape index (κ3) is 1.64. The zero-order chi connectivity index (χ0) is 13.7. The highest BCUT2D eigenvalue weighted by molar-refractivity contribution is 9.10. The Morgan fingerprint density at radius 2 is 1.58 bits per heavy atom. The number of nitrogen functional groups attached to an aromatic ring is 1. The van der Waals surface area contributed by atoms with Crippen molar-refractivity contribution in [3.63, 3.8) is 0 Å². The molecule has 0 unspecified atom stereocenters. The van der Waals surface area contributed by atoms with Crippen LogP contribution in [0.15, 0.2) is 34.8 Å². The summed E-state index contributed by atoms with van der Waals surface area (Å²) in [5, 5.41) is 0.249. The summed E-state index contributed by atoms with van der Waals surface area (Å²) in [5.74, 6) is -0.480. The quantitative estimate of drug-likeness (QED) is 0.640. The topological polar surface area (TPSA) is 60.2 Å².